The topological polar surface area (TPSA) is 85.8 Å². The summed E-state index contributed by atoms with van der Waals surface area (Å²) >= 11 is 0. The van der Waals surface area contributed by atoms with Crippen molar-refractivity contribution >= 4 is 33.9 Å². The van der Waals surface area contributed by atoms with Gasteiger partial charge in [0.05, 0.1) is 11.0 Å². The quantitative estimate of drug-likeness (QED) is 0.271. The molecule has 0 fully saturated rings. The fourth-order valence-corrected chi connectivity index (χ4v) is 4.35. The monoisotopic (exact) mass is 457 g/mol. The van der Waals surface area contributed by atoms with E-state index in [0.29, 0.717) is 35.0 Å². The Labute approximate surface area is 201 Å². The maximum absolute atomic E-state index is 13.3. The maximum Gasteiger partial charge on any atom is 0.257 e. The van der Waals surface area contributed by atoms with Crippen LogP contribution < -0.4 is 11.1 Å². The number of rotatable bonds is 10. The molecular formula is C28H35N5O. The third-order valence-corrected chi connectivity index (χ3v) is 6.62. The molecule has 6 nitrogen and oxygen atoms in total. The minimum atomic E-state index is -0.197. The number of nitrogens with one attached hydrogen (secondary N) is 1. The summed E-state index contributed by atoms with van der Waals surface area (Å²) in [5.41, 5.74) is 11.8. The summed E-state index contributed by atoms with van der Waals surface area (Å²) in [7, 11) is 0. The summed E-state index contributed by atoms with van der Waals surface area (Å²) in [4.78, 5) is 22.9. The zero-order chi connectivity index (χ0) is 24.1. The van der Waals surface area contributed by atoms with Gasteiger partial charge in [0.25, 0.3) is 5.91 Å². The first kappa shape index (κ1) is 23.7. The van der Waals surface area contributed by atoms with E-state index in [0.717, 1.165) is 36.0 Å². The van der Waals surface area contributed by atoms with Crippen LogP contribution in [0.25, 0.3) is 27.9 Å². The molecule has 178 valence electrons. The largest absolute Gasteiger partial charge is 0.384 e. The first-order chi connectivity index (χ1) is 16.5. The maximum atomic E-state index is 13.3. The Balaban J connectivity index is 1.74. The number of amides is 1. The number of para-hydroxylation sites is 2. The Kier molecular flexibility index (Phi) is 7.46. The third-order valence-electron chi connectivity index (χ3n) is 6.62. The van der Waals surface area contributed by atoms with Crippen LogP contribution in [0.3, 0.4) is 0 Å². The van der Waals surface area contributed by atoms with Gasteiger partial charge in [-0.15, -0.1) is 0 Å². The highest BCUT2D eigenvalue weighted by molar-refractivity contribution is 6.11. The summed E-state index contributed by atoms with van der Waals surface area (Å²) in [6, 6.07) is 16.0. The van der Waals surface area contributed by atoms with E-state index in [1.54, 1.807) is 0 Å². The predicted molar refractivity (Wildman–Crippen MR) is 141 cm³/mol. The van der Waals surface area contributed by atoms with Crippen LogP contribution in [0.5, 0.6) is 0 Å². The number of carbonyl (C=O) groups is 1. The van der Waals surface area contributed by atoms with E-state index in [1.165, 1.54) is 24.8 Å². The lowest BCUT2D eigenvalue weighted by Gasteiger charge is -2.12. The fourth-order valence-electron chi connectivity index (χ4n) is 4.35. The molecule has 0 aliphatic heterocycles. The van der Waals surface area contributed by atoms with Crippen LogP contribution in [0.15, 0.2) is 48.5 Å². The van der Waals surface area contributed by atoms with Crippen molar-refractivity contribution in [1.29, 1.82) is 0 Å². The second kappa shape index (κ2) is 10.7. The van der Waals surface area contributed by atoms with Crippen molar-refractivity contribution in [3.8, 4) is 5.69 Å². The molecule has 34 heavy (non-hydrogen) atoms. The van der Waals surface area contributed by atoms with E-state index < -0.39 is 0 Å². The van der Waals surface area contributed by atoms with Gasteiger partial charge < -0.3 is 11.1 Å². The van der Waals surface area contributed by atoms with Gasteiger partial charge in [-0.2, -0.15) is 0 Å². The number of anilines is 1. The molecule has 0 saturated carbocycles. The normalized spacial score (nSPS) is 12.3. The summed E-state index contributed by atoms with van der Waals surface area (Å²) in [5.74, 6) is 0.651. The van der Waals surface area contributed by atoms with Crippen LogP contribution in [-0.4, -0.2) is 27.0 Å². The van der Waals surface area contributed by atoms with Gasteiger partial charge in [-0.1, -0.05) is 70.7 Å². The minimum Gasteiger partial charge on any atom is -0.384 e. The van der Waals surface area contributed by atoms with Crippen molar-refractivity contribution in [3.63, 3.8) is 0 Å². The van der Waals surface area contributed by atoms with Crippen LogP contribution >= 0.6 is 0 Å². The number of carbonyl (C=O) groups excluding carboxylic acids is 1. The van der Waals surface area contributed by atoms with Crippen LogP contribution in [-0.2, 0) is 0 Å². The van der Waals surface area contributed by atoms with Gasteiger partial charge in [0.15, 0.2) is 5.65 Å². The van der Waals surface area contributed by atoms with Crippen molar-refractivity contribution < 1.29 is 4.79 Å². The molecule has 6 heteroatoms. The Morgan fingerprint density at radius 3 is 2.32 bits per heavy atom. The number of nitrogens with two attached hydrogens (primary N) is 1. The average molecular weight is 458 g/mol. The van der Waals surface area contributed by atoms with Crippen molar-refractivity contribution in [3.05, 3.63) is 59.7 Å². The molecule has 0 spiro atoms. The highest BCUT2D eigenvalue weighted by atomic mass is 16.1. The van der Waals surface area contributed by atoms with Crippen LogP contribution in [0, 0.1) is 0 Å². The zero-order valence-corrected chi connectivity index (χ0v) is 20.5. The van der Waals surface area contributed by atoms with Gasteiger partial charge in [0.1, 0.15) is 16.9 Å². The van der Waals surface area contributed by atoms with E-state index in [9.17, 15) is 4.79 Å². The summed E-state index contributed by atoms with van der Waals surface area (Å²) in [6.07, 6.45) is 6.76. The van der Waals surface area contributed by atoms with Gasteiger partial charge in [0.2, 0.25) is 0 Å². The lowest BCUT2D eigenvalue weighted by molar-refractivity contribution is 0.0955. The Bertz CT molecular complexity index is 1280. The predicted octanol–water partition coefficient (Wildman–Crippen LogP) is 6.37. The lowest BCUT2D eigenvalue weighted by atomic mass is 9.99. The number of hydrogen-bond acceptors (Lipinski definition) is 4. The Morgan fingerprint density at radius 1 is 0.971 bits per heavy atom. The molecule has 1 atom stereocenters. The smallest absolute Gasteiger partial charge is 0.257 e. The van der Waals surface area contributed by atoms with Crippen molar-refractivity contribution in [2.45, 2.75) is 65.2 Å². The number of aromatic nitrogens is 3. The molecule has 4 rings (SSSR count). The number of nitrogen functional groups attached to an aromatic ring is 1. The molecule has 0 aliphatic carbocycles. The first-order valence-electron chi connectivity index (χ1n) is 12.5. The second-order valence-electron chi connectivity index (χ2n) is 9.05. The Morgan fingerprint density at radius 2 is 1.65 bits per heavy atom. The van der Waals surface area contributed by atoms with Gasteiger partial charge >= 0.3 is 0 Å². The zero-order valence-electron chi connectivity index (χ0n) is 20.5. The average Bonchev–Trinajstić information content (AvgIpc) is 3.14. The van der Waals surface area contributed by atoms with Gasteiger partial charge in [0, 0.05) is 12.2 Å². The molecular weight excluding hydrogens is 422 g/mol. The SMILES string of the molecule is CCCCCCCNC(=O)c1c(N)n(-c2ccc([C@H](C)CC)cc2)c2nc3ccccc3nc12. The molecule has 2 heterocycles. The molecule has 0 unspecified atom stereocenters. The van der Waals surface area contributed by atoms with E-state index in [-0.39, 0.29) is 5.91 Å². The molecule has 0 saturated heterocycles. The highest BCUT2D eigenvalue weighted by Crippen LogP contribution is 2.31. The van der Waals surface area contributed by atoms with Gasteiger partial charge in [-0.05, 0) is 48.6 Å². The molecule has 0 aliphatic rings. The summed E-state index contributed by atoms with van der Waals surface area (Å²) in [6.45, 7) is 7.23. The second-order valence-corrected chi connectivity index (χ2v) is 9.05. The molecule has 2 aromatic heterocycles. The van der Waals surface area contributed by atoms with Crippen LogP contribution in [0.1, 0.15) is 81.1 Å². The van der Waals surface area contributed by atoms with E-state index >= 15 is 0 Å². The molecule has 1 amide bonds. The lowest BCUT2D eigenvalue weighted by Crippen LogP contribution is -2.25. The van der Waals surface area contributed by atoms with E-state index in [4.69, 9.17) is 15.7 Å². The standard InChI is InChI=1S/C28H35N5O/c1-4-6-7-8-11-18-30-28(34)24-25-27(32-23-13-10-9-12-22(23)31-25)33(26(24)29)21-16-14-20(15-17-21)19(3)5-2/h9-10,12-17,19H,4-8,11,18,29H2,1-3H3,(H,30,34)/t19-/m1/s1. The molecule has 0 radical (unpaired) electrons. The van der Waals surface area contributed by atoms with Crippen molar-refractivity contribution in [1.82, 2.24) is 19.9 Å². The van der Waals surface area contributed by atoms with Gasteiger partial charge in [-0.3, -0.25) is 9.36 Å². The number of hydrogen-bond donors (Lipinski definition) is 2. The number of benzene rings is 2. The van der Waals surface area contributed by atoms with E-state index in [2.05, 4.69) is 38.2 Å². The third kappa shape index (κ3) is 4.76. The van der Waals surface area contributed by atoms with Crippen molar-refractivity contribution in [2.75, 3.05) is 12.3 Å². The molecule has 3 N–H and O–H groups in total. The summed E-state index contributed by atoms with van der Waals surface area (Å²) in [5, 5.41) is 3.05. The Hall–Kier alpha value is -3.41. The number of unbranched alkanes of at least 4 members (excludes halogenated alkanes) is 4. The number of fused-ring (bicyclic) bond motifs is 2. The van der Waals surface area contributed by atoms with Crippen LogP contribution in [0.2, 0.25) is 0 Å². The molecule has 4 aromatic rings. The van der Waals surface area contributed by atoms with Gasteiger partial charge in [-0.25, -0.2) is 9.97 Å². The highest BCUT2D eigenvalue weighted by Gasteiger charge is 2.24. The fraction of sp³-hybridized carbons (Fsp3) is 0.393. The minimum absolute atomic E-state index is 0.197. The summed E-state index contributed by atoms with van der Waals surface area (Å²) < 4.78 is 1.85. The van der Waals surface area contributed by atoms with E-state index in [1.807, 2.05) is 41.0 Å². The molecule has 2 aromatic carbocycles. The van der Waals surface area contributed by atoms with Crippen molar-refractivity contribution in [2.24, 2.45) is 0 Å². The first-order valence-corrected chi connectivity index (χ1v) is 12.5. The van der Waals surface area contributed by atoms with Crippen LogP contribution in [0.4, 0.5) is 5.82 Å². The number of nitrogens with zero attached hydrogens (tertiary/aromatic N) is 3. The molecule has 0 bridgehead atoms.